The number of H-pyrrole nitrogens is 1. The van der Waals surface area contributed by atoms with E-state index < -0.39 is 0 Å². The molecule has 4 rings (SSSR count). The number of ketones is 1. The normalized spacial score (nSPS) is 14.9. The number of hydrogen-bond acceptors (Lipinski definition) is 2. The minimum Gasteiger partial charge on any atom is -0.496 e. The van der Waals surface area contributed by atoms with Crippen molar-refractivity contribution in [1.29, 1.82) is 0 Å². The quantitative estimate of drug-likeness (QED) is 0.590. The van der Waals surface area contributed by atoms with Crippen LogP contribution in [0.25, 0.3) is 10.9 Å². The van der Waals surface area contributed by atoms with Crippen molar-refractivity contribution >= 4 is 32.6 Å². The van der Waals surface area contributed by atoms with Crippen molar-refractivity contribution in [2.45, 2.75) is 32.6 Å². The molecule has 0 radical (unpaired) electrons. The van der Waals surface area contributed by atoms with Crippen molar-refractivity contribution in [2.75, 3.05) is 7.11 Å². The third-order valence-electron chi connectivity index (χ3n) is 5.35. The summed E-state index contributed by atoms with van der Waals surface area (Å²) in [6.07, 6.45) is 0.807. The number of aromatic amines is 1. The first-order chi connectivity index (χ1) is 11.8. The van der Waals surface area contributed by atoms with E-state index in [-0.39, 0.29) is 11.2 Å². The summed E-state index contributed by atoms with van der Waals surface area (Å²) in [6.45, 7) is 6.03. The van der Waals surface area contributed by atoms with E-state index in [1.807, 2.05) is 18.2 Å². The number of benzene rings is 2. The zero-order chi connectivity index (χ0) is 17.9. The summed E-state index contributed by atoms with van der Waals surface area (Å²) in [5.74, 6) is 0.684. The van der Waals surface area contributed by atoms with E-state index in [1.54, 1.807) is 14.0 Å². The molecule has 0 fully saturated rings. The molecule has 0 amide bonds. The van der Waals surface area contributed by atoms with Crippen LogP contribution in [0.5, 0.6) is 5.75 Å². The second kappa shape index (κ2) is 5.46. The molecule has 3 nitrogen and oxygen atoms in total. The zero-order valence-corrected chi connectivity index (χ0v) is 16.4. The van der Waals surface area contributed by atoms with E-state index in [0.717, 1.165) is 16.4 Å². The highest BCUT2D eigenvalue weighted by molar-refractivity contribution is 9.10. The highest BCUT2D eigenvalue weighted by Crippen LogP contribution is 2.46. The van der Waals surface area contributed by atoms with Crippen LogP contribution in [-0.4, -0.2) is 17.9 Å². The summed E-state index contributed by atoms with van der Waals surface area (Å²) in [5, 5.41) is 1.23. The lowest BCUT2D eigenvalue weighted by Gasteiger charge is -2.33. The zero-order valence-electron chi connectivity index (χ0n) is 14.8. The van der Waals surface area contributed by atoms with E-state index in [4.69, 9.17) is 4.74 Å². The van der Waals surface area contributed by atoms with E-state index in [1.165, 1.54) is 27.8 Å². The first-order valence-electron chi connectivity index (χ1n) is 8.36. The number of carbonyl (C=O) groups is 1. The number of Topliss-reactive ketones (excluding diaryl/α,β-unsaturated/α-hetero) is 1. The number of nitrogens with one attached hydrogen (secondary N) is 1. The van der Waals surface area contributed by atoms with Crippen LogP contribution < -0.4 is 4.74 Å². The average molecular weight is 398 g/mol. The highest BCUT2D eigenvalue weighted by Gasteiger charge is 2.36. The highest BCUT2D eigenvalue weighted by atomic mass is 79.9. The van der Waals surface area contributed by atoms with Crippen molar-refractivity contribution in [3.63, 3.8) is 0 Å². The Labute approximate surface area is 155 Å². The molecule has 2 aromatic carbocycles. The van der Waals surface area contributed by atoms with E-state index in [2.05, 4.69) is 46.9 Å². The van der Waals surface area contributed by atoms with Gasteiger partial charge in [0.25, 0.3) is 0 Å². The smallest absolute Gasteiger partial charge is 0.163 e. The number of hydrogen-bond donors (Lipinski definition) is 1. The van der Waals surface area contributed by atoms with Gasteiger partial charge in [0.1, 0.15) is 5.75 Å². The van der Waals surface area contributed by atoms with Crippen molar-refractivity contribution < 1.29 is 9.53 Å². The fraction of sp³-hybridized carbons (Fsp3) is 0.286. The summed E-state index contributed by atoms with van der Waals surface area (Å²) in [6, 6.07) is 10.3. The summed E-state index contributed by atoms with van der Waals surface area (Å²) in [5.41, 5.74) is 6.55. The molecule has 0 saturated heterocycles. The van der Waals surface area contributed by atoms with E-state index in [0.29, 0.717) is 11.3 Å². The molecular formula is C21H20BrNO2. The van der Waals surface area contributed by atoms with Crippen LogP contribution in [0.15, 0.2) is 34.8 Å². The van der Waals surface area contributed by atoms with Crippen molar-refractivity contribution in [1.82, 2.24) is 4.98 Å². The Morgan fingerprint density at radius 3 is 2.72 bits per heavy atom. The van der Waals surface area contributed by atoms with E-state index >= 15 is 0 Å². The van der Waals surface area contributed by atoms with Gasteiger partial charge in [0.15, 0.2) is 5.78 Å². The van der Waals surface area contributed by atoms with Gasteiger partial charge in [0.2, 0.25) is 0 Å². The van der Waals surface area contributed by atoms with Crippen LogP contribution in [0, 0.1) is 0 Å². The molecule has 0 aliphatic heterocycles. The number of aromatic nitrogens is 1. The predicted octanol–water partition coefficient (Wildman–Crippen LogP) is 5.37. The molecule has 1 aliphatic rings. The van der Waals surface area contributed by atoms with Gasteiger partial charge in [-0.3, -0.25) is 4.79 Å². The van der Waals surface area contributed by atoms with Gasteiger partial charge < -0.3 is 9.72 Å². The standard InChI is InChI=1S/C21H20BrNO2/c1-11(24)13-8-12-9-14-19-16(22)6-5-7-17(19)23-20(14)21(2,3)15(12)10-18(13)25-4/h5-8,10,23H,9H2,1-4H3. The Morgan fingerprint density at radius 2 is 2.04 bits per heavy atom. The molecule has 1 N–H and O–H groups in total. The molecule has 128 valence electrons. The lowest BCUT2D eigenvalue weighted by Crippen LogP contribution is -2.27. The fourth-order valence-electron chi connectivity index (χ4n) is 4.10. The van der Waals surface area contributed by atoms with Crippen LogP contribution in [-0.2, 0) is 11.8 Å². The predicted molar refractivity (Wildman–Crippen MR) is 104 cm³/mol. The molecule has 4 heteroatoms. The van der Waals surface area contributed by atoms with Gasteiger partial charge in [-0.2, -0.15) is 0 Å². The van der Waals surface area contributed by atoms with Crippen LogP contribution in [0.2, 0.25) is 0 Å². The molecule has 1 aliphatic carbocycles. The summed E-state index contributed by atoms with van der Waals surface area (Å²) < 4.78 is 6.59. The molecular weight excluding hydrogens is 378 g/mol. The summed E-state index contributed by atoms with van der Waals surface area (Å²) >= 11 is 3.70. The molecule has 0 saturated carbocycles. The monoisotopic (exact) mass is 397 g/mol. The lowest BCUT2D eigenvalue weighted by molar-refractivity contribution is 0.101. The summed E-state index contributed by atoms with van der Waals surface area (Å²) in [4.78, 5) is 15.7. The Bertz CT molecular complexity index is 1030. The lowest BCUT2D eigenvalue weighted by atomic mass is 9.71. The largest absolute Gasteiger partial charge is 0.496 e. The van der Waals surface area contributed by atoms with Crippen molar-refractivity contribution in [2.24, 2.45) is 0 Å². The van der Waals surface area contributed by atoms with Crippen LogP contribution in [0.3, 0.4) is 0 Å². The molecule has 1 heterocycles. The van der Waals surface area contributed by atoms with Crippen LogP contribution >= 0.6 is 15.9 Å². The molecule has 0 unspecified atom stereocenters. The maximum atomic E-state index is 12.0. The summed E-state index contributed by atoms with van der Waals surface area (Å²) in [7, 11) is 1.62. The Hall–Kier alpha value is -2.07. The fourth-order valence-corrected chi connectivity index (χ4v) is 4.71. The maximum absolute atomic E-state index is 12.0. The molecule has 0 bridgehead atoms. The number of halogens is 1. The second-order valence-corrected chi connectivity index (χ2v) is 8.06. The average Bonchev–Trinajstić information content (AvgIpc) is 2.95. The first-order valence-corrected chi connectivity index (χ1v) is 9.15. The molecule has 0 spiro atoms. The topological polar surface area (TPSA) is 42.1 Å². The Balaban J connectivity index is 2.03. The minimum absolute atomic E-state index is 0.0309. The third-order valence-corrected chi connectivity index (χ3v) is 6.01. The van der Waals surface area contributed by atoms with Crippen LogP contribution in [0.1, 0.15) is 53.5 Å². The van der Waals surface area contributed by atoms with E-state index in [9.17, 15) is 4.79 Å². The van der Waals surface area contributed by atoms with Gasteiger partial charge in [0.05, 0.1) is 12.7 Å². The minimum atomic E-state index is -0.191. The van der Waals surface area contributed by atoms with Gasteiger partial charge in [0, 0.05) is 32.9 Å². The SMILES string of the molecule is COc1cc2c(cc1C(C)=O)Cc1c([nH]c3cccc(Br)c13)C2(C)C. The third kappa shape index (κ3) is 2.27. The van der Waals surface area contributed by atoms with Gasteiger partial charge in [-0.1, -0.05) is 35.8 Å². The number of rotatable bonds is 2. The van der Waals surface area contributed by atoms with Gasteiger partial charge >= 0.3 is 0 Å². The Morgan fingerprint density at radius 1 is 1.28 bits per heavy atom. The van der Waals surface area contributed by atoms with Crippen molar-refractivity contribution in [3.8, 4) is 5.75 Å². The first kappa shape index (κ1) is 16.4. The number of ether oxygens (including phenoxy) is 1. The number of carbonyl (C=O) groups excluding carboxylic acids is 1. The second-order valence-electron chi connectivity index (χ2n) is 7.21. The van der Waals surface area contributed by atoms with Gasteiger partial charge in [-0.25, -0.2) is 0 Å². The molecule has 0 atom stereocenters. The molecule has 3 aromatic rings. The molecule has 1 aromatic heterocycles. The Kier molecular flexibility index (Phi) is 3.58. The maximum Gasteiger partial charge on any atom is 0.163 e. The van der Waals surface area contributed by atoms with Crippen molar-refractivity contribution in [3.05, 3.63) is 62.8 Å². The molecule has 25 heavy (non-hydrogen) atoms. The van der Waals surface area contributed by atoms with Gasteiger partial charge in [-0.05, 0) is 47.9 Å². The number of methoxy groups -OCH3 is 1. The van der Waals surface area contributed by atoms with Gasteiger partial charge in [-0.15, -0.1) is 0 Å². The number of fused-ring (bicyclic) bond motifs is 4. The van der Waals surface area contributed by atoms with Crippen LogP contribution in [0.4, 0.5) is 0 Å².